The average Bonchev–Trinajstić information content (AvgIpc) is 2.82. The summed E-state index contributed by atoms with van der Waals surface area (Å²) in [6.45, 7) is 0. The molecule has 1 amide bonds. The summed E-state index contributed by atoms with van der Waals surface area (Å²) in [6, 6.07) is 9.20. The molecular weight excluding hydrogens is 242 g/mol. The van der Waals surface area contributed by atoms with Gasteiger partial charge in [0, 0.05) is 12.4 Å². The van der Waals surface area contributed by atoms with E-state index in [2.05, 4.69) is 19.9 Å². The number of nitrogens with zero attached hydrogens (tertiary/aromatic N) is 3. The number of primary amides is 1. The summed E-state index contributed by atoms with van der Waals surface area (Å²) in [5.41, 5.74) is 7.07. The lowest BCUT2D eigenvalue weighted by Gasteiger charge is -2.08. The minimum absolute atomic E-state index is 0.342. The summed E-state index contributed by atoms with van der Waals surface area (Å²) in [5.74, 6) is -0.507. The minimum atomic E-state index is -0.770. The van der Waals surface area contributed by atoms with E-state index >= 15 is 0 Å². The highest BCUT2D eigenvalue weighted by Gasteiger charge is 2.26. The number of carbonyl (C=O) groups is 1. The van der Waals surface area contributed by atoms with E-state index in [-0.39, 0.29) is 0 Å². The van der Waals surface area contributed by atoms with Gasteiger partial charge in [0.15, 0.2) is 5.92 Å². The van der Waals surface area contributed by atoms with Crippen molar-refractivity contribution >= 4 is 16.9 Å². The van der Waals surface area contributed by atoms with E-state index in [1.807, 2.05) is 24.3 Å². The molecule has 0 bridgehead atoms. The fourth-order valence-corrected chi connectivity index (χ4v) is 1.95. The van der Waals surface area contributed by atoms with Gasteiger partial charge in [-0.1, -0.05) is 12.1 Å². The fraction of sp³-hybridized carbons (Fsp3) is 0.0769. The van der Waals surface area contributed by atoms with Gasteiger partial charge in [-0.3, -0.25) is 4.79 Å². The van der Waals surface area contributed by atoms with E-state index < -0.39 is 11.8 Å². The largest absolute Gasteiger partial charge is 0.369 e. The molecule has 0 saturated carbocycles. The van der Waals surface area contributed by atoms with Crippen LogP contribution in [0.3, 0.4) is 0 Å². The van der Waals surface area contributed by atoms with Gasteiger partial charge in [0.25, 0.3) is 0 Å². The number of imidazole rings is 1. The number of fused-ring (bicyclic) bond motifs is 1. The number of aromatic amines is 1. The number of nitrogens with two attached hydrogens (primary N) is 1. The van der Waals surface area contributed by atoms with Crippen LogP contribution in [-0.4, -0.2) is 25.8 Å². The lowest BCUT2D eigenvalue weighted by Crippen LogP contribution is -2.25. The standard InChI is InChI=1S/C13H11N5O/c14-11(19)10(12-15-6-3-7-16-12)13-17-8-4-1-2-5-9(8)18-13/h1-7,10H,(H2,14,19)(H,17,18). The van der Waals surface area contributed by atoms with Crippen molar-refractivity contribution < 1.29 is 4.79 Å². The quantitative estimate of drug-likeness (QED) is 0.726. The SMILES string of the molecule is NC(=O)C(c1ncccn1)c1nc2ccccc2[nH]1. The van der Waals surface area contributed by atoms with Crippen molar-refractivity contribution in [2.24, 2.45) is 5.73 Å². The Hall–Kier alpha value is -2.76. The summed E-state index contributed by atoms with van der Waals surface area (Å²) < 4.78 is 0. The molecule has 0 aliphatic rings. The Labute approximate surface area is 108 Å². The molecule has 0 aliphatic heterocycles. The first-order valence-corrected chi connectivity index (χ1v) is 5.76. The van der Waals surface area contributed by atoms with Crippen LogP contribution in [0.15, 0.2) is 42.7 Å². The zero-order valence-corrected chi connectivity index (χ0v) is 9.95. The van der Waals surface area contributed by atoms with Crippen LogP contribution in [0.1, 0.15) is 17.6 Å². The van der Waals surface area contributed by atoms with Crippen LogP contribution in [0, 0.1) is 0 Å². The molecule has 3 aromatic rings. The van der Waals surface area contributed by atoms with Crippen molar-refractivity contribution in [3.63, 3.8) is 0 Å². The normalized spacial score (nSPS) is 12.4. The number of H-pyrrole nitrogens is 1. The molecule has 6 heteroatoms. The maximum Gasteiger partial charge on any atom is 0.235 e. The van der Waals surface area contributed by atoms with Crippen LogP contribution >= 0.6 is 0 Å². The van der Waals surface area contributed by atoms with Crippen LogP contribution in [0.4, 0.5) is 0 Å². The Kier molecular flexibility index (Phi) is 2.68. The average molecular weight is 253 g/mol. The van der Waals surface area contributed by atoms with Crippen LogP contribution in [-0.2, 0) is 4.79 Å². The Morgan fingerprint density at radius 2 is 1.89 bits per heavy atom. The lowest BCUT2D eigenvalue weighted by molar-refractivity contribution is -0.118. The molecule has 0 fully saturated rings. The molecule has 3 N–H and O–H groups in total. The Balaban J connectivity index is 2.12. The molecule has 0 saturated heterocycles. The van der Waals surface area contributed by atoms with Gasteiger partial charge in [0.05, 0.1) is 11.0 Å². The van der Waals surface area contributed by atoms with Crippen LogP contribution < -0.4 is 5.73 Å². The molecule has 1 aromatic carbocycles. The first kappa shape index (κ1) is 11.3. The summed E-state index contributed by atoms with van der Waals surface area (Å²) in [6.07, 6.45) is 3.14. The highest BCUT2D eigenvalue weighted by Crippen LogP contribution is 2.21. The highest BCUT2D eigenvalue weighted by molar-refractivity contribution is 5.85. The predicted octanol–water partition coefficient (Wildman–Crippen LogP) is 0.970. The van der Waals surface area contributed by atoms with E-state index in [9.17, 15) is 4.79 Å². The lowest BCUT2D eigenvalue weighted by atomic mass is 10.1. The first-order chi connectivity index (χ1) is 9.25. The van der Waals surface area contributed by atoms with Gasteiger partial charge in [-0.2, -0.15) is 0 Å². The molecule has 94 valence electrons. The van der Waals surface area contributed by atoms with Crippen LogP contribution in [0.2, 0.25) is 0 Å². The van der Waals surface area contributed by atoms with E-state index in [0.717, 1.165) is 11.0 Å². The number of aromatic nitrogens is 4. The molecule has 2 heterocycles. The van der Waals surface area contributed by atoms with Crippen molar-refractivity contribution in [3.8, 4) is 0 Å². The van der Waals surface area contributed by atoms with Gasteiger partial charge in [-0.05, 0) is 18.2 Å². The molecule has 19 heavy (non-hydrogen) atoms. The van der Waals surface area contributed by atoms with E-state index in [1.54, 1.807) is 18.5 Å². The molecular formula is C13H11N5O. The zero-order valence-electron chi connectivity index (χ0n) is 9.95. The third-order valence-corrected chi connectivity index (χ3v) is 2.81. The number of nitrogens with one attached hydrogen (secondary N) is 1. The van der Waals surface area contributed by atoms with Gasteiger partial charge in [0.1, 0.15) is 11.6 Å². The number of benzene rings is 1. The predicted molar refractivity (Wildman–Crippen MR) is 69.2 cm³/mol. The van der Waals surface area contributed by atoms with Gasteiger partial charge < -0.3 is 10.7 Å². The summed E-state index contributed by atoms with van der Waals surface area (Å²) in [4.78, 5) is 27.3. The van der Waals surface area contributed by atoms with Crippen molar-refractivity contribution in [2.75, 3.05) is 0 Å². The maximum atomic E-state index is 11.7. The van der Waals surface area contributed by atoms with Crippen molar-refractivity contribution in [3.05, 3.63) is 54.4 Å². The van der Waals surface area contributed by atoms with E-state index in [4.69, 9.17) is 5.73 Å². The number of hydrogen-bond acceptors (Lipinski definition) is 4. The number of amides is 1. The van der Waals surface area contributed by atoms with Crippen LogP contribution in [0.5, 0.6) is 0 Å². The Bertz CT molecular complexity index is 689. The molecule has 0 aliphatic carbocycles. The molecule has 2 aromatic heterocycles. The Morgan fingerprint density at radius 1 is 1.16 bits per heavy atom. The van der Waals surface area contributed by atoms with Crippen molar-refractivity contribution in [2.45, 2.75) is 5.92 Å². The fourth-order valence-electron chi connectivity index (χ4n) is 1.95. The Morgan fingerprint density at radius 3 is 2.58 bits per heavy atom. The van der Waals surface area contributed by atoms with Gasteiger partial charge >= 0.3 is 0 Å². The number of hydrogen-bond donors (Lipinski definition) is 2. The second-order valence-corrected chi connectivity index (χ2v) is 4.08. The minimum Gasteiger partial charge on any atom is -0.369 e. The van der Waals surface area contributed by atoms with Crippen molar-refractivity contribution in [1.29, 1.82) is 0 Å². The number of para-hydroxylation sites is 2. The molecule has 1 unspecified atom stereocenters. The number of carbonyl (C=O) groups excluding carboxylic acids is 1. The molecule has 0 radical (unpaired) electrons. The van der Waals surface area contributed by atoms with Crippen LogP contribution in [0.25, 0.3) is 11.0 Å². The van der Waals surface area contributed by atoms with Gasteiger partial charge in [-0.15, -0.1) is 0 Å². The molecule has 3 rings (SSSR count). The zero-order chi connectivity index (χ0) is 13.2. The molecule has 0 spiro atoms. The summed E-state index contributed by atoms with van der Waals surface area (Å²) >= 11 is 0. The van der Waals surface area contributed by atoms with E-state index in [0.29, 0.717) is 11.6 Å². The maximum absolute atomic E-state index is 11.7. The summed E-state index contributed by atoms with van der Waals surface area (Å²) in [5, 5.41) is 0. The first-order valence-electron chi connectivity index (χ1n) is 5.76. The number of rotatable bonds is 3. The van der Waals surface area contributed by atoms with E-state index in [1.165, 1.54) is 0 Å². The monoisotopic (exact) mass is 253 g/mol. The highest BCUT2D eigenvalue weighted by atomic mass is 16.1. The van der Waals surface area contributed by atoms with Crippen molar-refractivity contribution in [1.82, 2.24) is 19.9 Å². The smallest absolute Gasteiger partial charge is 0.235 e. The third-order valence-electron chi connectivity index (χ3n) is 2.81. The summed E-state index contributed by atoms with van der Waals surface area (Å²) in [7, 11) is 0. The topological polar surface area (TPSA) is 97.6 Å². The second-order valence-electron chi connectivity index (χ2n) is 4.08. The third kappa shape index (κ3) is 2.03. The van der Waals surface area contributed by atoms with Gasteiger partial charge in [-0.25, -0.2) is 15.0 Å². The van der Waals surface area contributed by atoms with Gasteiger partial charge in [0.2, 0.25) is 5.91 Å². The second kappa shape index (κ2) is 4.49. The molecule has 1 atom stereocenters. The molecule has 6 nitrogen and oxygen atoms in total.